The number of carbonyl (C=O) groups excluding carboxylic acids is 1. The average Bonchev–Trinajstić information content (AvgIpc) is 3.16. The van der Waals surface area contributed by atoms with Gasteiger partial charge in [0.1, 0.15) is 11.4 Å². The molecule has 0 bridgehead atoms. The number of hydrogen-bond acceptors (Lipinski definition) is 3. The van der Waals surface area contributed by atoms with Crippen LogP contribution in [0.1, 0.15) is 28.5 Å². The lowest BCUT2D eigenvalue weighted by Gasteiger charge is -2.06. The summed E-state index contributed by atoms with van der Waals surface area (Å²) in [7, 11) is 0. The van der Waals surface area contributed by atoms with Gasteiger partial charge in [-0.05, 0) is 61.0 Å². The third-order valence-electron chi connectivity index (χ3n) is 5.44. The lowest BCUT2D eigenvalue weighted by Crippen LogP contribution is -2.74. The highest BCUT2D eigenvalue weighted by Crippen LogP contribution is 2.25. The zero-order valence-corrected chi connectivity index (χ0v) is 19.4. The zero-order chi connectivity index (χ0) is 22.5. The summed E-state index contributed by atoms with van der Waals surface area (Å²) in [4.78, 5) is 19.3. The van der Waals surface area contributed by atoms with Gasteiger partial charge < -0.3 is 9.72 Å². The fourth-order valence-corrected chi connectivity index (χ4v) is 4.38. The predicted molar refractivity (Wildman–Crippen MR) is 135 cm³/mol. The first-order valence-corrected chi connectivity index (χ1v) is 12.0. The number of aromatic nitrogens is 1. The fourth-order valence-electron chi connectivity index (χ4n) is 3.92. The summed E-state index contributed by atoms with van der Waals surface area (Å²) in [6, 6.07) is 20.8. The third-order valence-corrected chi connectivity index (χ3v) is 6.10. The molecule has 164 valence electrons. The Hall–Kier alpha value is -3.25. The van der Waals surface area contributed by atoms with E-state index in [9.17, 15) is 4.79 Å². The number of rotatable bonds is 6. The van der Waals surface area contributed by atoms with Gasteiger partial charge in [-0.3, -0.25) is 4.99 Å². The zero-order valence-electron chi connectivity index (χ0n) is 18.6. The average molecular weight is 447 g/mol. The van der Waals surface area contributed by atoms with Crippen molar-refractivity contribution in [2.24, 2.45) is 0 Å². The lowest BCUT2D eigenvalue weighted by atomic mass is 10.1. The Kier molecular flexibility index (Phi) is 6.81. The molecule has 3 N–H and O–H groups in total. The van der Waals surface area contributed by atoms with Gasteiger partial charge in [-0.1, -0.05) is 48.0 Å². The summed E-state index contributed by atoms with van der Waals surface area (Å²) in [6.07, 6.45) is 2.73. The number of amidine groups is 1. The molecule has 0 unspecified atom stereocenters. The second kappa shape index (κ2) is 9.92. The van der Waals surface area contributed by atoms with Gasteiger partial charge in [0.2, 0.25) is 0 Å². The van der Waals surface area contributed by atoms with E-state index in [1.54, 1.807) is 11.8 Å². The Balaban J connectivity index is 1.58. The standard InChI is InChI=1S/C26H27N3O2S/c1-4-31-25(30)24-20(21-16-17(2)12-13-23(21)28-24)14-15-27-26(32-3)29-22-11-7-9-18-8-5-6-10-19(18)22/h5-13,16,28H,4,14-15H2,1-3H3,(H,27,29)/p+1. The van der Waals surface area contributed by atoms with Crippen molar-refractivity contribution < 1.29 is 14.5 Å². The smallest absolute Gasteiger partial charge is 0.355 e. The monoisotopic (exact) mass is 446 g/mol. The van der Waals surface area contributed by atoms with Crippen LogP contribution in [-0.2, 0) is 11.2 Å². The van der Waals surface area contributed by atoms with Gasteiger partial charge in [-0.15, -0.1) is 0 Å². The number of anilines is 1. The Labute approximate surface area is 192 Å². The number of benzene rings is 3. The summed E-state index contributed by atoms with van der Waals surface area (Å²) in [5.74, 6) is -0.306. The molecule has 0 radical (unpaired) electrons. The summed E-state index contributed by atoms with van der Waals surface area (Å²) in [5.41, 5.74) is 4.71. The highest BCUT2D eigenvalue weighted by atomic mass is 32.2. The molecule has 0 fully saturated rings. The molecule has 4 rings (SSSR count). The summed E-state index contributed by atoms with van der Waals surface area (Å²) >= 11 is 1.63. The first-order chi connectivity index (χ1) is 15.6. The van der Waals surface area contributed by atoms with E-state index in [0.717, 1.165) is 32.9 Å². The number of fused-ring (bicyclic) bond motifs is 2. The van der Waals surface area contributed by atoms with E-state index in [0.29, 0.717) is 25.3 Å². The highest BCUT2D eigenvalue weighted by molar-refractivity contribution is 8.13. The maximum absolute atomic E-state index is 12.5. The summed E-state index contributed by atoms with van der Waals surface area (Å²) < 4.78 is 5.28. The number of aryl methyl sites for hydroxylation is 1. The molecule has 0 saturated carbocycles. The molecule has 1 heterocycles. The number of aromatic amines is 1. The van der Waals surface area contributed by atoms with Gasteiger partial charge >= 0.3 is 11.1 Å². The van der Waals surface area contributed by atoms with Gasteiger partial charge in [-0.2, -0.15) is 0 Å². The Morgan fingerprint density at radius 2 is 1.91 bits per heavy atom. The largest absolute Gasteiger partial charge is 0.461 e. The van der Waals surface area contributed by atoms with Crippen LogP contribution >= 0.6 is 11.8 Å². The molecule has 3 aromatic carbocycles. The minimum atomic E-state index is -0.306. The van der Waals surface area contributed by atoms with Crippen molar-refractivity contribution in [3.05, 3.63) is 77.5 Å². The number of ether oxygens (including phenoxy) is 1. The van der Waals surface area contributed by atoms with Crippen LogP contribution in [0.3, 0.4) is 0 Å². The number of nitrogens with one attached hydrogen (secondary N) is 3. The minimum Gasteiger partial charge on any atom is -0.461 e. The van der Waals surface area contributed by atoms with E-state index in [2.05, 4.69) is 64.7 Å². The first-order valence-electron chi connectivity index (χ1n) is 10.8. The molecule has 5 nitrogen and oxygen atoms in total. The van der Waals surface area contributed by atoms with Gasteiger partial charge in [0, 0.05) is 22.7 Å². The van der Waals surface area contributed by atoms with E-state index in [1.807, 2.05) is 31.4 Å². The first kappa shape index (κ1) is 22.0. The molecule has 0 saturated heterocycles. The number of hydrogen-bond donors (Lipinski definition) is 3. The van der Waals surface area contributed by atoms with E-state index in [1.165, 1.54) is 10.8 Å². The van der Waals surface area contributed by atoms with Crippen molar-refractivity contribution in [3.8, 4) is 0 Å². The molecule has 0 aliphatic carbocycles. The summed E-state index contributed by atoms with van der Waals surface area (Å²) in [6.45, 7) is 4.92. The third kappa shape index (κ3) is 4.65. The van der Waals surface area contributed by atoms with Crippen LogP contribution in [-0.4, -0.2) is 35.5 Å². The van der Waals surface area contributed by atoms with Crippen molar-refractivity contribution in [2.75, 3.05) is 24.7 Å². The van der Waals surface area contributed by atoms with E-state index >= 15 is 0 Å². The maximum Gasteiger partial charge on any atom is 0.355 e. The maximum atomic E-state index is 12.5. The van der Waals surface area contributed by atoms with E-state index in [-0.39, 0.29) is 5.97 Å². The molecule has 4 aromatic rings. The highest BCUT2D eigenvalue weighted by Gasteiger charge is 2.19. The van der Waals surface area contributed by atoms with Crippen molar-refractivity contribution in [1.29, 1.82) is 0 Å². The van der Waals surface area contributed by atoms with Gasteiger partial charge in [0.15, 0.2) is 0 Å². The molecule has 0 aliphatic rings. The van der Waals surface area contributed by atoms with Gasteiger partial charge in [0.05, 0.1) is 13.2 Å². The Morgan fingerprint density at radius 3 is 2.72 bits per heavy atom. The number of esters is 1. The summed E-state index contributed by atoms with van der Waals surface area (Å²) in [5, 5.41) is 7.95. The topological polar surface area (TPSA) is 68.1 Å². The molecule has 0 atom stereocenters. The van der Waals surface area contributed by atoms with Crippen LogP contribution in [0.25, 0.3) is 21.7 Å². The molecule has 0 amide bonds. The van der Waals surface area contributed by atoms with Crippen LogP contribution < -0.4 is 10.3 Å². The molecule has 0 spiro atoms. The second-order valence-electron chi connectivity index (χ2n) is 7.61. The van der Waals surface area contributed by atoms with Gasteiger partial charge in [0.25, 0.3) is 0 Å². The van der Waals surface area contributed by atoms with Crippen LogP contribution in [0, 0.1) is 6.92 Å². The minimum absolute atomic E-state index is 0.306. The lowest BCUT2D eigenvalue weighted by molar-refractivity contribution is -0.453. The van der Waals surface area contributed by atoms with Crippen LogP contribution in [0.5, 0.6) is 0 Å². The second-order valence-corrected chi connectivity index (χ2v) is 8.43. The molecule has 32 heavy (non-hydrogen) atoms. The van der Waals surface area contributed by atoms with Crippen LogP contribution in [0.4, 0.5) is 5.69 Å². The fraction of sp³-hybridized carbons (Fsp3) is 0.231. The molecule has 6 heteroatoms. The van der Waals surface area contributed by atoms with Crippen molar-refractivity contribution in [1.82, 2.24) is 4.98 Å². The van der Waals surface area contributed by atoms with Crippen molar-refractivity contribution >= 4 is 50.3 Å². The quantitative estimate of drug-likeness (QED) is 0.235. The van der Waals surface area contributed by atoms with Crippen LogP contribution in [0.15, 0.2) is 60.7 Å². The normalized spacial score (nSPS) is 11.8. The molecular formula is C26H28N3O2S+. The number of H-pyrrole nitrogens is 1. The van der Waals surface area contributed by atoms with Crippen LogP contribution in [0.2, 0.25) is 0 Å². The Morgan fingerprint density at radius 1 is 1.09 bits per heavy atom. The number of thioether (sulfide) groups is 1. The molecular weight excluding hydrogens is 418 g/mol. The predicted octanol–water partition coefficient (Wildman–Crippen LogP) is 4.26. The number of carbonyl (C=O) groups is 1. The van der Waals surface area contributed by atoms with E-state index < -0.39 is 0 Å². The SMILES string of the molecule is CCOC(=O)c1[nH]c2ccc(C)cc2c1CC[NH+]=C(Nc1cccc2ccccc12)SC. The molecule has 0 aliphatic heterocycles. The van der Waals surface area contributed by atoms with Crippen molar-refractivity contribution in [2.45, 2.75) is 20.3 Å². The Bertz CT molecular complexity index is 1290. The molecule has 1 aromatic heterocycles. The van der Waals surface area contributed by atoms with Crippen molar-refractivity contribution in [3.63, 3.8) is 0 Å². The van der Waals surface area contributed by atoms with Gasteiger partial charge in [-0.25, -0.2) is 10.1 Å². The van der Waals surface area contributed by atoms with E-state index in [4.69, 9.17) is 4.74 Å².